The Morgan fingerprint density at radius 2 is 2.15 bits per heavy atom. The highest BCUT2D eigenvalue weighted by Gasteiger charge is 2.01. The first-order valence-corrected chi connectivity index (χ1v) is 3.16. The van der Waals surface area contributed by atoms with Crippen molar-refractivity contribution in [3.8, 4) is 0 Å². The van der Waals surface area contributed by atoms with Gasteiger partial charge in [-0.05, 0) is 12.1 Å². The van der Waals surface area contributed by atoms with Crippen LogP contribution in [0.25, 0.3) is 0 Å². The topological polar surface area (TPSA) is 123 Å². The van der Waals surface area contributed by atoms with Gasteiger partial charge in [0.15, 0.2) is 0 Å². The number of ether oxygens (including phenoxy) is 1. The Labute approximate surface area is 75.8 Å². The highest BCUT2D eigenvalue weighted by atomic mass is 16.5. The fourth-order valence-electron chi connectivity index (χ4n) is 0.601. The molecule has 1 aromatic heterocycles. The molecule has 74 valence electrons. The summed E-state index contributed by atoms with van der Waals surface area (Å²) in [7, 11) is 1.34. The second-order valence-electron chi connectivity index (χ2n) is 1.73. The van der Waals surface area contributed by atoms with Gasteiger partial charge in [-0.25, -0.2) is 4.79 Å². The number of carbonyl (C=O) groups is 1. The summed E-state index contributed by atoms with van der Waals surface area (Å²) >= 11 is 0. The first-order valence-electron chi connectivity index (χ1n) is 3.16. The molecule has 0 saturated heterocycles. The fraction of sp³-hybridized carbons (Fsp3) is 0.143. The predicted octanol–water partition coefficient (Wildman–Crippen LogP) is -1.14. The first-order chi connectivity index (χ1) is 5.84. The minimum atomic E-state index is -0.354. The predicted molar refractivity (Wildman–Crippen MR) is 47.6 cm³/mol. The number of nitrogens with two attached hydrogens (primary N) is 2. The highest BCUT2D eigenvalue weighted by molar-refractivity contribution is 5.88. The highest BCUT2D eigenvalue weighted by Crippen LogP contribution is 1.96. The summed E-state index contributed by atoms with van der Waals surface area (Å²) in [6.45, 7) is 0. The fourth-order valence-corrected chi connectivity index (χ4v) is 0.601. The van der Waals surface area contributed by atoms with Crippen LogP contribution in [-0.4, -0.2) is 23.5 Å². The number of esters is 1. The molecule has 1 rings (SSSR count). The number of methoxy groups -OCH3 is 1. The largest absolute Gasteiger partial charge is 0.465 e. The van der Waals surface area contributed by atoms with E-state index >= 15 is 0 Å². The summed E-state index contributed by atoms with van der Waals surface area (Å²) in [5.41, 5.74) is 0.477. The van der Waals surface area contributed by atoms with Gasteiger partial charge in [0.2, 0.25) is 0 Å². The van der Waals surface area contributed by atoms with E-state index in [1.807, 2.05) is 0 Å². The number of hydrogen-bond donors (Lipinski definition) is 2. The number of hydrogen-bond acceptors (Lipinski definition) is 5. The molecule has 0 aliphatic heterocycles. The maximum atomic E-state index is 10.8. The normalized spacial score (nSPS) is 7.31. The van der Waals surface area contributed by atoms with Crippen molar-refractivity contribution in [1.29, 1.82) is 0 Å². The minimum absolute atomic E-state index is 0. The van der Waals surface area contributed by atoms with E-state index in [0.29, 0.717) is 5.56 Å². The summed E-state index contributed by atoms with van der Waals surface area (Å²) in [4.78, 5) is 14.5. The van der Waals surface area contributed by atoms with Crippen molar-refractivity contribution in [1.82, 2.24) is 4.98 Å². The molecule has 0 saturated carbocycles. The van der Waals surface area contributed by atoms with Crippen molar-refractivity contribution in [2.45, 2.75) is 0 Å². The smallest absolute Gasteiger partial charge is 0.339 e. The number of nitrogens with zero attached hydrogens (tertiary/aromatic N) is 1. The molecule has 6 heteroatoms. The molecule has 0 radical (unpaired) electrons. The summed E-state index contributed by atoms with van der Waals surface area (Å²) in [6.07, 6.45) is 3.07. The zero-order chi connectivity index (χ0) is 9.40. The van der Waals surface area contributed by atoms with E-state index in [-0.39, 0.29) is 11.4 Å². The molecular formula is C7H13N3O3. The molecule has 0 aliphatic carbocycles. The molecule has 0 amide bonds. The van der Waals surface area contributed by atoms with Gasteiger partial charge in [0.1, 0.15) is 0 Å². The molecule has 13 heavy (non-hydrogen) atoms. The quantitative estimate of drug-likeness (QED) is 0.327. The van der Waals surface area contributed by atoms with Gasteiger partial charge in [-0.15, -0.1) is 0 Å². The molecule has 0 fully saturated rings. The zero-order valence-electron chi connectivity index (χ0n) is 7.23. The molecule has 0 unspecified atom stereocenters. The lowest BCUT2D eigenvalue weighted by Crippen LogP contribution is -2.02. The SMILES string of the molecule is COC(=O)c1cccnc1.NN.O. The molecule has 6 N–H and O–H groups in total. The Hall–Kier alpha value is -1.50. The number of hydrazine groups is 1. The number of rotatable bonds is 1. The summed E-state index contributed by atoms with van der Waals surface area (Å²) in [5.74, 6) is 7.65. The number of carbonyl (C=O) groups excluding carboxylic acids is 1. The Bertz CT molecular complexity index is 228. The second kappa shape index (κ2) is 8.60. The Morgan fingerprint density at radius 3 is 2.54 bits per heavy atom. The van der Waals surface area contributed by atoms with Crippen LogP contribution in [0.15, 0.2) is 24.5 Å². The van der Waals surface area contributed by atoms with Gasteiger partial charge in [-0.1, -0.05) is 0 Å². The lowest BCUT2D eigenvalue weighted by molar-refractivity contribution is 0.0600. The lowest BCUT2D eigenvalue weighted by atomic mass is 10.3. The van der Waals surface area contributed by atoms with E-state index in [4.69, 9.17) is 0 Å². The molecule has 0 bridgehead atoms. The van der Waals surface area contributed by atoms with Crippen LogP contribution in [-0.2, 0) is 4.74 Å². The lowest BCUT2D eigenvalue weighted by Gasteiger charge is -1.94. The minimum Gasteiger partial charge on any atom is -0.465 e. The van der Waals surface area contributed by atoms with Gasteiger partial charge in [-0.2, -0.15) is 0 Å². The van der Waals surface area contributed by atoms with E-state index in [9.17, 15) is 4.79 Å². The third-order valence-electron chi connectivity index (χ3n) is 1.08. The Morgan fingerprint density at radius 1 is 1.54 bits per heavy atom. The van der Waals surface area contributed by atoms with E-state index < -0.39 is 0 Å². The van der Waals surface area contributed by atoms with Crippen molar-refractivity contribution < 1.29 is 15.0 Å². The molecule has 1 aromatic rings. The molecule has 1 heterocycles. The van der Waals surface area contributed by atoms with Crippen molar-refractivity contribution in [3.63, 3.8) is 0 Å². The summed E-state index contributed by atoms with van der Waals surface area (Å²) in [5, 5.41) is 0. The monoisotopic (exact) mass is 187 g/mol. The third kappa shape index (κ3) is 4.86. The van der Waals surface area contributed by atoms with Crippen LogP contribution >= 0.6 is 0 Å². The molecule has 0 atom stereocenters. The Kier molecular flexibility index (Phi) is 9.29. The van der Waals surface area contributed by atoms with Crippen molar-refractivity contribution in [2.24, 2.45) is 11.7 Å². The Balaban J connectivity index is 0. The molecule has 0 aromatic carbocycles. The van der Waals surface area contributed by atoms with E-state index in [1.54, 1.807) is 18.3 Å². The van der Waals surface area contributed by atoms with Crippen LogP contribution in [0.3, 0.4) is 0 Å². The second-order valence-corrected chi connectivity index (χ2v) is 1.73. The molecule has 0 spiro atoms. The van der Waals surface area contributed by atoms with Crippen LogP contribution in [0, 0.1) is 0 Å². The average molecular weight is 187 g/mol. The molecule has 0 aliphatic rings. The number of aromatic nitrogens is 1. The van der Waals surface area contributed by atoms with E-state index in [2.05, 4.69) is 21.4 Å². The van der Waals surface area contributed by atoms with Gasteiger partial charge < -0.3 is 10.2 Å². The van der Waals surface area contributed by atoms with Crippen LogP contribution in [0.5, 0.6) is 0 Å². The summed E-state index contributed by atoms with van der Waals surface area (Å²) in [6, 6.07) is 3.34. The molecule has 6 nitrogen and oxygen atoms in total. The van der Waals surface area contributed by atoms with Gasteiger partial charge in [0.05, 0.1) is 12.7 Å². The van der Waals surface area contributed by atoms with Crippen molar-refractivity contribution in [3.05, 3.63) is 30.1 Å². The zero-order valence-corrected chi connectivity index (χ0v) is 7.23. The van der Waals surface area contributed by atoms with Crippen molar-refractivity contribution >= 4 is 5.97 Å². The van der Waals surface area contributed by atoms with E-state index in [0.717, 1.165) is 0 Å². The maximum Gasteiger partial charge on any atom is 0.339 e. The van der Waals surface area contributed by atoms with E-state index in [1.165, 1.54) is 13.3 Å². The van der Waals surface area contributed by atoms with Crippen molar-refractivity contribution in [2.75, 3.05) is 7.11 Å². The van der Waals surface area contributed by atoms with Crippen LogP contribution in [0.4, 0.5) is 0 Å². The maximum absolute atomic E-state index is 10.8. The van der Waals surface area contributed by atoms with Gasteiger partial charge in [0.25, 0.3) is 0 Å². The molecular weight excluding hydrogens is 174 g/mol. The van der Waals surface area contributed by atoms with Crippen LogP contribution < -0.4 is 11.7 Å². The standard InChI is InChI=1S/C7H7NO2.H4N2.H2O/c1-10-7(9)6-3-2-4-8-5-6;1-2;/h2-5H,1H3;1-2H2;1H2. The average Bonchev–Trinajstić information content (AvgIpc) is 2.21. The van der Waals surface area contributed by atoms with Gasteiger partial charge >= 0.3 is 5.97 Å². The van der Waals surface area contributed by atoms with Gasteiger partial charge in [-0.3, -0.25) is 16.7 Å². The summed E-state index contributed by atoms with van der Waals surface area (Å²) < 4.78 is 4.46. The van der Waals surface area contributed by atoms with Crippen LogP contribution in [0.1, 0.15) is 10.4 Å². The van der Waals surface area contributed by atoms with Gasteiger partial charge in [0, 0.05) is 12.4 Å². The third-order valence-corrected chi connectivity index (χ3v) is 1.08. The van der Waals surface area contributed by atoms with Crippen LogP contribution in [0.2, 0.25) is 0 Å². The first kappa shape index (κ1) is 14.0. The number of pyridine rings is 1.